The first-order chi connectivity index (χ1) is 22.6. The van der Waals surface area contributed by atoms with E-state index < -0.39 is 57.3 Å². The molecular formula is C30H26F3N7O7S. The van der Waals surface area contributed by atoms with Crippen LogP contribution in [0.15, 0.2) is 89.0 Å². The molecule has 0 radical (unpaired) electrons. The Labute approximate surface area is 271 Å². The number of sulfonamides is 1. The molecule has 1 aromatic heterocycles. The number of carbonyl (C=O) groups excluding carboxylic acids is 3. The molecule has 0 aliphatic carbocycles. The Morgan fingerprint density at radius 3 is 2.19 bits per heavy atom. The molecule has 2 heterocycles. The first kappa shape index (κ1) is 33.6. The third-order valence-corrected chi connectivity index (χ3v) is 8.50. The highest BCUT2D eigenvalue weighted by atomic mass is 32.2. The molecule has 1 aliphatic heterocycles. The van der Waals surface area contributed by atoms with Crippen molar-refractivity contribution < 1.29 is 45.8 Å². The van der Waals surface area contributed by atoms with E-state index in [0.29, 0.717) is 10.6 Å². The Morgan fingerprint density at radius 2 is 1.62 bits per heavy atom. The van der Waals surface area contributed by atoms with Crippen molar-refractivity contribution in [1.82, 2.24) is 24.4 Å². The summed E-state index contributed by atoms with van der Waals surface area (Å²) in [5.41, 5.74) is 0.738. The fraction of sp³-hybridized carbons (Fsp3) is 0.200. The predicted octanol–water partition coefficient (Wildman–Crippen LogP) is 4.05. The van der Waals surface area contributed by atoms with Crippen LogP contribution in [0.1, 0.15) is 38.9 Å². The van der Waals surface area contributed by atoms with Gasteiger partial charge >= 0.3 is 6.18 Å². The number of aryl methyl sites for hydroxylation is 1. The lowest BCUT2D eigenvalue weighted by Gasteiger charge is -2.19. The molecule has 3 aromatic carbocycles. The number of hydrogen-bond donors (Lipinski definition) is 1. The topological polar surface area (TPSA) is 169 Å². The van der Waals surface area contributed by atoms with E-state index in [4.69, 9.17) is 4.84 Å². The highest BCUT2D eigenvalue weighted by molar-refractivity contribution is 7.90. The molecule has 3 amide bonds. The molecule has 1 unspecified atom stereocenters. The standard InChI is InChI=1S/C30H26F3N7O7S/c1-18-8-10-20(11-9-18)25-16-26(30(31,32)33)34-39(25)21-12-14-22(15-13-21)48(45,46)35-27(41)17-37(3)40(44)36-47-19(2)38-28(42)23-6-4-5-7-24(23)29(38)43/h4-16,19H,17H2,1-3H3,(H,35,41)/b40-36-. The molecule has 0 spiro atoms. The van der Waals surface area contributed by atoms with E-state index in [1.54, 1.807) is 41.1 Å². The number of nitrogens with zero attached hydrogens (tertiary/aromatic N) is 6. The van der Waals surface area contributed by atoms with Crippen LogP contribution >= 0.6 is 0 Å². The lowest BCUT2D eigenvalue weighted by molar-refractivity contribution is -0.704. The van der Waals surface area contributed by atoms with Crippen molar-refractivity contribution in [3.05, 3.63) is 106 Å². The molecule has 48 heavy (non-hydrogen) atoms. The van der Waals surface area contributed by atoms with Crippen LogP contribution in [0.25, 0.3) is 16.9 Å². The molecular weight excluding hydrogens is 659 g/mol. The second-order valence-electron chi connectivity index (χ2n) is 10.6. The van der Waals surface area contributed by atoms with Gasteiger partial charge < -0.3 is 10.0 Å². The minimum absolute atomic E-state index is 0.115. The van der Waals surface area contributed by atoms with Crippen LogP contribution in [0.5, 0.6) is 0 Å². The molecule has 0 saturated carbocycles. The second-order valence-corrected chi connectivity index (χ2v) is 12.3. The van der Waals surface area contributed by atoms with Gasteiger partial charge in [-0.2, -0.15) is 18.3 Å². The second kappa shape index (κ2) is 12.8. The molecule has 250 valence electrons. The number of imide groups is 1. The zero-order valence-corrected chi connectivity index (χ0v) is 26.2. The van der Waals surface area contributed by atoms with Crippen molar-refractivity contribution >= 4 is 27.7 Å². The summed E-state index contributed by atoms with van der Waals surface area (Å²) in [7, 11) is -3.39. The van der Waals surface area contributed by atoms with E-state index in [2.05, 4.69) is 10.4 Å². The lowest BCUT2D eigenvalue weighted by Crippen LogP contribution is -2.41. The minimum Gasteiger partial charge on any atom is -0.569 e. The number of rotatable bonds is 10. The van der Waals surface area contributed by atoms with Gasteiger partial charge in [-0.1, -0.05) is 42.0 Å². The van der Waals surface area contributed by atoms with Gasteiger partial charge in [0.2, 0.25) is 11.5 Å². The number of fused-ring (bicyclic) bond motifs is 1. The van der Waals surface area contributed by atoms with Gasteiger partial charge in [0.25, 0.3) is 27.7 Å². The van der Waals surface area contributed by atoms with Crippen LogP contribution in [0.4, 0.5) is 13.2 Å². The Bertz CT molecular complexity index is 2000. The molecule has 18 heteroatoms. The van der Waals surface area contributed by atoms with Gasteiger partial charge in [-0.05, 0) is 56.3 Å². The maximum atomic E-state index is 13.5. The smallest absolute Gasteiger partial charge is 0.435 e. The average molecular weight is 686 g/mol. The Balaban J connectivity index is 1.23. The highest BCUT2D eigenvalue weighted by Crippen LogP contribution is 2.33. The van der Waals surface area contributed by atoms with E-state index in [9.17, 15) is 41.2 Å². The van der Waals surface area contributed by atoms with Crippen LogP contribution in [0.2, 0.25) is 0 Å². The van der Waals surface area contributed by atoms with Crippen molar-refractivity contribution in [1.29, 1.82) is 0 Å². The summed E-state index contributed by atoms with van der Waals surface area (Å²) < 4.78 is 69.1. The third-order valence-electron chi connectivity index (χ3n) is 7.11. The zero-order valence-electron chi connectivity index (χ0n) is 25.4. The summed E-state index contributed by atoms with van der Waals surface area (Å²) in [5, 5.41) is 19.9. The predicted molar refractivity (Wildman–Crippen MR) is 160 cm³/mol. The fourth-order valence-electron chi connectivity index (χ4n) is 4.68. The summed E-state index contributed by atoms with van der Waals surface area (Å²) in [5.74, 6) is -2.44. The number of benzene rings is 3. The molecule has 4 aromatic rings. The maximum Gasteiger partial charge on any atom is 0.435 e. The number of amides is 3. The van der Waals surface area contributed by atoms with Gasteiger partial charge in [0.15, 0.2) is 12.2 Å². The highest BCUT2D eigenvalue weighted by Gasteiger charge is 2.40. The van der Waals surface area contributed by atoms with Gasteiger partial charge in [0, 0.05) is 5.56 Å². The van der Waals surface area contributed by atoms with E-state index in [-0.39, 0.29) is 27.5 Å². The molecule has 5 rings (SSSR count). The molecule has 1 atom stereocenters. The lowest BCUT2D eigenvalue weighted by atomic mass is 10.1. The van der Waals surface area contributed by atoms with Gasteiger partial charge in [0.05, 0.1) is 39.4 Å². The fourth-order valence-corrected chi connectivity index (χ4v) is 5.65. The van der Waals surface area contributed by atoms with Gasteiger partial charge in [-0.25, -0.2) is 22.7 Å². The number of carbonyl (C=O) groups is 3. The molecule has 1 aliphatic rings. The molecule has 0 fully saturated rings. The number of likely N-dealkylation sites (N-methyl/N-ethyl adjacent to an activating group) is 1. The molecule has 0 bridgehead atoms. The Kier molecular flexibility index (Phi) is 8.94. The number of aromatic nitrogens is 2. The van der Waals surface area contributed by atoms with E-state index >= 15 is 0 Å². The number of alkyl halides is 3. The number of hydrazine groups is 1. The number of halogens is 3. The summed E-state index contributed by atoms with van der Waals surface area (Å²) in [6.45, 7) is 2.31. The third kappa shape index (κ3) is 6.82. The molecule has 14 nitrogen and oxygen atoms in total. The average Bonchev–Trinajstić information content (AvgIpc) is 3.60. The van der Waals surface area contributed by atoms with Crippen molar-refractivity contribution in [3.8, 4) is 16.9 Å². The SMILES string of the molecule is Cc1ccc(-c2cc(C(F)(F)F)nn2-c2ccc(S(=O)(=O)NC(=O)CN(C)/[N+]([O-])=N/OC(C)N3C(=O)c4ccccc4C3=O)cc2)cc1. The van der Waals surface area contributed by atoms with Crippen molar-refractivity contribution in [2.45, 2.75) is 31.1 Å². The van der Waals surface area contributed by atoms with Gasteiger partial charge in [-0.3, -0.25) is 14.4 Å². The summed E-state index contributed by atoms with van der Waals surface area (Å²) in [4.78, 5) is 42.8. The summed E-state index contributed by atoms with van der Waals surface area (Å²) in [6, 6.07) is 18.3. The largest absolute Gasteiger partial charge is 0.569 e. The minimum atomic E-state index is -4.73. The van der Waals surface area contributed by atoms with Crippen molar-refractivity contribution in [2.75, 3.05) is 13.6 Å². The zero-order chi connectivity index (χ0) is 35.0. The van der Waals surface area contributed by atoms with Crippen LogP contribution in [0, 0.1) is 12.1 Å². The Morgan fingerprint density at radius 1 is 1.04 bits per heavy atom. The van der Waals surface area contributed by atoms with E-state index in [1.165, 1.54) is 31.2 Å². The first-order valence-electron chi connectivity index (χ1n) is 14.0. The summed E-state index contributed by atoms with van der Waals surface area (Å²) >= 11 is 0. The number of nitrogens with one attached hydrogen (secondary N) is 1. The normalized spacial score (nSPS) is 14.1. The first-order valence-corrected chi connectivity index (χ1v) is 15.5. The quantitative estimate of drug-likeness (QED) is 0.112. The van der Waals surface area contributed by atoms with E-state index in [0.717, 1.165) is 40.4 Å². The Hall–Kier alpha value is -5.78. The maximum absolute atomic E-state index is 13.5. The van der Waals surface area contributed by atoms with Gasteiger partial charge in [-0.15, -0.1) is 5.01 Å². The van der Waals surface area contributed by atoms with E-state index in [1.807, 2.05) is 6.92 Å². The number of hydrogen-bond acceptors (Lipinski definition) is 9. The van der Waals surface area contributed by atoms with Crippen molar-refractivity contribution in [2.24, 2.45) is 5.28 Å². The monoisotopic (exact) mass is 685 g/mol. The van der Waals surface area contributed by atoms with Crippen LogP contribution in [-0.2, 0) is 25.8 Å². The molecule has 1 N–H and O–H groups in total. The molecule has 0 saturated heterocycles. The van der Waals surface area contributed by atoms with Crippen LogP contribution < -0.4 is 4.72 Å². The summed E-state index contributed by atoms with van der Waals surface area (Å²) in [6.07, 6.45) is -6.03. The van der Waals surface area contributed by atoms with Crippen LogP contribution in [-0.4, -0.2) is 70.6 Å². The van der Waals surface area contributed by atoms with Crippen molar-refractivity contribution in [3.63, 3.8) is 0 Å². The van der Waals surface area contributed by atoms with Gasteiger partial charge in [0.1, 0.15) is 0 Å². The van der Waals surface area contributed by atoms with Crippen LogP contribution in [0.3, 0.4) is 0 Å².